The molecular weight excluding hydrogens is 563 g/mol. The van der Waals surface area contributed by atoms with Crippen LogP contribution in [0.15, 0.2) is 72.8 Å². The topological polar surface area (TPSA) is 88.8 Å². The lowest BCUT2D eigenvalue weighted by molar-refractivity contribution is -0.137. The molecule has 214 valence electrons. The Labute approximate surface area is 246 Å². The number of aromatic amines is 1. The van der Waals surface area contributed by atoms with Crippen LogP contribution in [0.2, 0.25) is 0 Å². The molecule has 1 aliphatic rings. The van der Waals surface area contributed by atoms with E-state index < -0.39 is 11.7 Å². The predicted molar refractivity (Wildman–Crippen MR) is 159 cm³/mol. The van der Waals surface area contributed by atoms with Gasteiger partial charge in [0.15, 0.2) is 5.65 Å². The summed E-state index contributed by atoms with van der Waals surface area (Å²) in [6, 6.07) is 22.4. The highest BCUT2D eigenvalue weighted by molar-refractivity contribution is 6.06. The number of hydrogen-bond acceptors (Lipinski definition) is 5. The van der Waals surface area contributed by atoms with E-state index in [1.54, 1.807) is 24.3 Å². The average Bonchev–Trinajstić information content (AvgIpc) is 3.44. The van der Waals surface area contributed by atoms with Crippen molar-refractivity contribution in [1.82, 2.24) is 15.2 Å². The van der Waals surface area contributed by atoms with Crippen LogP contribution in [-0.4, -0.2) is 33.4 Å². The summed E-state index contributed by atoms with van der Waals surface area (Å²) in [6.07, 6.45) is -0.930. The minimum Gasteiger partial charge on any atom is -0.392 e. The van der Waals surface area contributed by atoms with Crippen molar-refractivity contribution in [3.8, 4) is 39.7 Å². The number of nitrogens with one attached hydrogen (secondary N) is 1. The standard InChI is InChI=1S/C32H26F3N5O.ClH/c33-32(34,35)24-12-8-23(9-13-24)30-28-27(21-10-14-25(15-11-21)40-16-2-1-3-17-40)26(18-36)29(37-31(28)39-38-30)22-6-4-20(19-41)5-7-22;/h4-15,41H,1-3,16-17,19H2,(H,37,38,39);1H. The number of alkyl halides is 3. The van der Waals surface area contributed by atoms with Crippen LogP contribution in [0.3, 0.4) is 0 Å². The highest BCUT2D eigenvalue weighted by Gasteiger charge is 2.30. The first-order valence-electron chi connectivity index (χ1n) is 13.4. The van der Waals surface area contributed by atoms with Crippen molar-refractivity contribution < 1.29 is 18.3 Å². The molecule has 0 atom stereocenters. The fourth-order valence-corrected chi connectivity index (χ4v) is 5.46. The van der Waals surface area contributed by atoms with Crippen LogP contribution in [0, 0.1) is 11.3 Å². The summed E-state index contributed by atoms with van der Waals surface area (Å²) in [4.78, 5) is 7.08. The fraction of sp³-hybridized carbons (Fsp3) is 0.219. The number of halogens is 4. The number of aliphatic hydroxyl groups is 1. The molecule has 0 saturated carbocycles. The van der Waals surface area contributed by atoms with Crippen molar-refractivity contribution in [1.29, 1.82) is 5.26 Å². The molecule has 5 aromatic rings. The van der Waals surface area contributed by atoms with Gasteiger partial charge in [0, 0.05) is 35.5 Å². The van der Waals surface area contributed by atoms with E-state index >= 15 is 0 Å². The quantitative estimate of drug-likeness (QED) is 0.219. The smallest absolute Gasteiger partial charge is 0.392 e. The van der Waals surface area contributed by atoms with Crippen molar-refractivity contribution in [3.05, 3.63) is 89.5 Å². The van der Waals surface area contributed by atoms with Crippen LogP contribution in [0.25, 0.3) is 44.7 Å². The Kier molecular flexibility index (Phi) is 8.21. The Morgan fingerprint density at radius 2 is 1.48 bits per heavy atom. The Hall–Kier alpha value is -4.39. The van der Waals surface area contributed by atoms with Gasteiger partial charge in [-0.25, -0.2) is 4.98 Å². The van der Waals surface area contributed by atoms with Crippen LogP contribution in [0.1, 0.15) is 36.0 Å². The highest BCUT2D eigenvalue weighted by atomic mass is 35.5. The number of nitriles is 1. The molecule has 0 unspecified atom stereocenters. The van der Waals surface area contributed by atoms with Gasteiger partial charge in [0.25, 0.3) is 0 Å². The highest BCUT2D eigenvalue weighted by Crippen LogP contribution is 2.41. The van der Waals surface area contributed by atoms with Gasteiger partial charge in [0.05, 0.1) is 34.5 Å². The molecule has 0 aliphatic carbocycles. The molecule has 3 aromatic carbocycles. The van der Waals surface area contributed by atoms with Gasteiger partial charge in [0.1, 0.15) is 6.07 Å². The number of hydrogen-bond donors (Lipinski definition) is 2. The summed E-state index contributed by atoms with van der Waals surface area (Å²) in [7, 11) is 0. The maximum atomic E-state index is 13.2. The first-order valence-corrected chi connectivity index (χ1v) is 13.4. The number of H-pyrrole nitrogens is 1. The monoisotopic (exact) mass is 589 g/mol. The fourth-order valence-electron chi connectivity index (χ4n) is 5.46. The van der Waals surface area contributed by atoms with Gasteiger partial charge < -0.3 is 10.0 Å². The number of rotatable bonds is 5. The van der Waals surface area contributed by atoms with Gasteiger partial charge >= 0.3 is 6.18 Å². The van der Waals surface area contributed by atoms with Crippen LogP contribution in [0.5, 0.6) is 0 Å². The second kappa shape index (κ2) is 11.8. The summed E-state index contributed by atoms with van der Waals surface area (Å²) in [5, 5.41) is 27.9. The Morgan fingerprint density at radius 1 is 0.857 bits per heavy atom. The van der Waals surface area contributed by atoms with Crippen molar-refractivity contribution in [3.63, 3.8) is 0 Å². The molecule has 1 aliphatic heterocycles. The second-order valence-corrected chi connectivity index (χ2v) is 10.1. The SMILES string of the molecule is Cl.N#Cc1c(-c2ccc(CO)cc2)nc2n[nH]c(-c3ccc(C(F)(F)F)cc3)c2c1-c1ccc(N2CCCCC2)cc1. The number of piperidine rings is 1. The maximum Gasteiger partial charge on any atom is 0.416 e. The summed E-state index contributed by atoms with van der Waals surface area (Å²) >= 11 is 0. The van der Waals surface area contributed by atoms with Gasteiger partial charge in [-0.05, 0) is 54.7 Å². The number of benzene rings is 3. The van der Waals surface area contributed by atoms with Crippen LogP contribution in [0.4, 0.5) is 18.9 Å². The van der Waals surface area contributed by atoms with Crippen LogP contribution < -0.4 is 4.90 Å². The minimum absolute atomic E-state index is 0. The van der Waals surface area contributed by atoms with Crippen molar-refractivity contribution in [2.75, 3.05) is 18.0 Å². The molecular formula is C32H27ClF3N5O. The Morgan fingerprint density at radius 3 is 2.07 bits per heavy atom. The first kappa shape index (κ1) is 29.1. The molecule has 6 rings (SSSR count). The van der Waals surface area contributed by atoms with Gasteiger partial charge in [0.2, 0.25) is 0 Å². The van der Waals surface area contributed by atoms with Crippen LogP contribution >= 0.6 is 12.4 Å². The number of aromatic nitrogens is 3. The van der Waals surface area contributed by atoms with E-state index in [4.69, 9.17) is 4.98 Å². The third kappa shape index (κ3) is 5.43. The van der Waals surface area contributed by atoms with Gasteiger partial charge in [-0.15, -0.1) is 12.4 Å². The lowest BCUT2D eigenvalue weighted by Crippen LogP contribution is -2.29. The number of nitrogens with zero attached hydrogens (tertiary/aromatic N) is 4. The third-order valence-electron chi connectivity index (χ3n) is 7.60. The van der Waals surface area contributed by atoms with E-state index in [-0.39, 0.29) is 19.0 Å². The van der Waals surface area contributed by atoms with E-state index in [0.29, 0.717) is 44.7 Å². The summed E-state index contributed by atoms with van der Waals surface area (Å²) in [5.41, 5.74) is 5.24. The largest absolute Gasteiger partial charge is 0.416 e. The molecule has 42 heavy (non-hydrogen) atoms. The number of aliphatic hydroxyl groups excluding tert-OH is 1. The summed E-state index contributed by atoms with van der Waals surface area (Å²) in [6.45, 7) is 1.88. The Bertz CT molecular complexity index is 1740. The summed E-state index contributed by atoms with van der Waals surface area (Å²) in [5.74, 6) is 0. The van der Waals surface area contributed by atoms with E-state index in [9.17, 15) is 23.5 Å². The lowest BCUT2D eigenvalue weighted by atomic mass is 9.91. The Balaban J connectivity index is 0.00000353. The molecule has 2 aromatic heterocycles. The number of fused-ring (bicyclic) bond motifs is 1. The van der Waals surface area contributed by atoms with Gasteiger partial charge in [-0.2, -0.15) is 23.5 Å². The van der Waals surface area contributed by atoms with E-state index in [2.05, 4.69) is 21.2 Å². The minimum atomic E-state index is -4.45. The molecule has 1 saturated heterocycles. The first-order chi connectivity index (χ1) is 19.9. The maximum absolute atomic E-state index is 13.2. The molecule has 0 bridgehead atoms. The third-order valence-corrected chi connectivity index (χ3v) is 7.60. The van der Waals surface area contributed by atoms with Gasteiger partial charge in [-0.1, -0.05) is 48.5 Å². The molecule has 3 heterocycles. The molecule has 0 amide bonds. The predicted octanol–water partition coefficient (Wildman–Crippen LogP) is 7.75. The lowest BCUT2D eigenvalue weighted by Gasteiger charge is -2.29. The molecule has 0 radical (unpaired) electrons. The number of anilines is 1. The molecule has 2 N–H and O–H groups in total. The van der Waals surface area contributed by atoms with Crippen molar-refractivity contribution in [2.45, 2.75) is 32.0 Å². The van der Waals surface area contributed by atoms with E-state index in [1.807, 2.05) is 24.3 Å². The van der Waals surface area contributed by atoms with E-state index in [1.165, 1.54) is 18.6 Å². The van der Waals surface area contributed by atoms with E-state index in [0.717, 1.165) is 54.9 Å². The second-order valence-electron chi connectivity index (χ2n) is 10.1. The summed E-state index contributed by atoms with van der Waals surface area (Å²) < 4.78 is 39.7. The van der Waals surface area contributed by atoms with Crippen LogP contribution in [-0.2, 0) is 12.8 Å². The zero-order valence-corrected chi connectivity index (χ0v) is 23.3. The molecule has 1 fully saturated rings. The number of pyridine rings is 1. The molecule has 0 spiro atoms. The molecule has 6 nitrogen and oxygen atoms in total. The molecule has 10 heteroatoms. The average molecular weight is 590 g/mol. The van der Waals surface area contributed by atoms with Crippen molar-refractivity contribution >= 4 is 29.1 Å². The van der Waals surface area contributed by atoms with Gasteiger partial charge in [-0.3, -0.25) is 5.10 Å². The van der Waals surface area contributed by atoms with Crippen molar-refractivity contribution in [2.24, 2.45) is 0 Å². The zero-order chi connectivity index (χ0) is 28.6. The normalized spacial score (nSPS) is 13.5. The zero-order valence-electron chi connectivity index (χ0n) is 22.4.